The zero-order valence-corrected chi connectivity index (χ0v) is 16.9. The molecule has 0 aromatic heterocycles. The molecule has 0 aliphatic carbocycles. The Morgan fingerprint density at radius 2 is 1.53 bits per heavy atom. The van der Waals surface area contributed by atoms with E-state index in [2.05, 4.69) is 10.6 Å². The molecule has 1 amide bonds. The number of phenolic OH excluding ortho intramolecular Hbond substituents is 1. The summed E-state index contributed by atoms with van der Waals surface area (Å²) in [6, 6.07) is 28.8. The molecule has 6 nitrogen and oxygen atoms in total. The number of amides is 1. The predicted octanol–water partition coefficient (Wildman–Crippen LogP) is 5.80. The fourth-order valence-corrected chi connectivity index (χ4v) is 3.14. The first-order valence-electron chi connectivity index (χ1n) is 9.86. The summed E-state index contributed by atoms with van der Waals surface area (Å²) >= 11 is 0. The van der Waals surface area contributed by atoms with Crippen molar-refractivity contribution in [2.45, 2.75) is 0 Å². The van der Waals surface area contributed by atoms with Crippen LogP contribution in [0.1, 0.15) is 0 Å². The van der Waals surface area contributed by atoms with E-state index in [1.54, 1.807) is 60.7 Å². The molecule has 32 heavy (non-hydrogen) atoms. The second kappa shape index (κ2) is 9.37. The highest BCUT2D eigenvalue weighted by Crippen LogP contribution is 2.30. The van der Waals surface area contributed by atoms with Crippen LogP contribution in [0.15, 0.2) is 103 Å². The second-order valence-corrected chi connectivity index (χ2v) is 6.89. The van der Waals surface area contributed by atoms with Crippen LogP contribution >= 0.6 is 0 Å². The molecule has 4 aromatic carbocycles. The summed E-state index contributed by atoms with van der Waals surface area (Å²) in [5, 5.41) is 26.4. The van der Waals surface area contributed by atoms with E-state index in [1.807, 2.05) is 36.4 Å². The monoisotopic (exact) mass is 421 g/mol. The molecule has 156 valence electrons. The van der Waals surface area contributed by atoms with Crippen LogP contribution in [-0.2, 0) is 4.79 Å². The molecule has 3 N–H and O–H groups in total. The van der Waals surface area contributed by atoms with E-state index < -0.39 is 5.91 Å². The molecule has 0 bridgehead atoms. The fraction of sp³-hybridized carbons (Fsp3) is 0. The van der Waals surface area contributed by atoms with Crippen molar-refractivity contribution < 1.29 is 14.6 Å². The van der Waals surface area contributed by atoms with E-state index in [4.69, 9.17) is 4.74 Å². The summed E-state index contributed by atoms with van der Waals surface area (Å²) < 4.78 is 5.75. The Kier molecular flexibility index (Phi) is 6.01. The minimum Gasteiger partial charge on any atom is -0.507 e. The van der Waals surface area contributed by atoms with Crippen LogP contribution in [-0.4, -0.2) is 11.0 Å². The Bertz CT molecular complexity index is 1320. The number of aromatic hydroxyl groups is 1. The fourth-order valence-electron chi connectivity index (χ4n) is 3.14. The number of fused-ring (bicyclic) bond motifs is 1. The first-order valence-corrected chi connectivity index (χ1v) is 9.86. The van der Waals surface area contributed by atoms with Crippen LogP contribution in [0.2, 0.25) is 0 Å². The SMILES string of the molecule is N#C/C(=C/Nc1ccc(Oc2ccccc2)cc1)C(=O)Nc1cccc2c(O)cccc12. The standard InChI is InChI=1S/C26H19N3O3/c27-16-18(26(31)29-24-10-4-9-23-22(24)8-5-11-25(23)30)17-28-19-12-14-21(15-13-19)32-20-6-2-1-3-7-20/h1-15,17,28,30H,(H,29,31)/b18-17-. The lowest BCUT2D eigenvalue weighted by Gasteiger charge is -2.10. The first-order chi connectivity index (χ1) is 15.6. The number of hydrogen-bond donors (Lipinski definition) is 3. The molecule has 0 atom stereocenters. The van der Waals surface area contributed by atoms with Crippen molar-refractivity contribution in [3.8, 4) is 23.3 Å². The van der Waals surface area contributed by atoms with Crippen molar-refractivity contribution in [3.63, 3.8) is 0 Å². The van der Waals surface area contributed by atoms with Crippen LogP contribution in [0.4, 0.5) is 11.4 Å². The number of rotatable bonds is 6. The van der Waals surface area contributed by atoms with Gasteiger partial charge in [-0.2, -0.15) is 5.26 Å². The molecule has 0 heterocycles. The van der Waals surface area contributed by atoms with Gasteiger partial charge in [-0.1, -0.05) is 42.5 Å². The molecule has 0 radical (unpaired) electrons. The lowest BCUT2D eigenvalue weighted by molar-refractivity contribution is -0.112. The van der Waals surface area contributed by atoms with E-state index in [9.17, 15) is 15.2 Å². The van der Waals surface area contributed by atoms with Gasteiger partial charge in [0, 0.05) is 28.3 Å². The number of benzene rings is 4. The number of carbonyl (C=O) groups is 1. The van der Waals surface area contributed by atoms with E-state index in [-0.39, 0.29) is 11.3 Å². The van der Waals surface area contributed by atoms with Gasteiger partial charge in [0.1, 0.15) is 28.9 Å². The van der Waals surface area contributed by atoms with Crippen molar-refractivity contribution in [3.05, 3.63) is 103 Å². The highest BCUT2D eigenvalue weighted by molar-refractivity contribution is 6.11. The third kappa shape index (κ3) is 4.69. The highest BCUT2D eigenvalue weighted by Gasteiger charge is 2.12. The van der Waals surface area contributed by atoms with Crippen molar-refractivity contribution in [2.24, 2.45) is 0 Å². The summed E-state index contributed by atoms with van der Waals surface area (Å²) in [6.07, 6.45) is 1.35. The summed E-state index contributed by atoms with van der Waals surface area (Å²) in [7, 11) is 0. The topological polar surface area (TPSA) is 94.4 Å². The van der Waals surface area contributed by atoms with Gasteiger partial charge >= 0.3 is 0 Å². The molecular weight excluding hydrogens is 402 g/mol. The van der Waals surface area contributed by atoms with Gasteiger partial charge < -0.3 is 20.5 Å². The number of nitriles is 1. The minimum atomic E-state index is -0.556. The summed E-state index contributed by atoms with van der Waals surface area (Å²) in [4.78, 5) is 12.6. The molecule has 4 rings (SSSR count). The van der Waals surface area contributed by atoms with Gasteiger partial charge in [0.2, 0.25) is 0 Å². The molecule has 0 saturated carbocycles. The molecule has 0 fully saturated rings. The molecule has 0 aliphatic rings. The van der Waals surface area contributed by atoms with Gasteiger partial charge in [-0.15, -0.1) is 0 Å². The quantitative estimate of drug-likeness (QED) is 0.270. The van der Waals surface area contributed by atoms with Gasteiger partial charge in [-0.05, 0) is 48.5 Å². The average molecular weight is 421 g/mol. The van der Waals surface area contributed by atoms with Crippen LogP contribution < -0.4 is 15.4 Å². The maximum atomic E-state index is 12.6. The number of ether oxygens (including phenoxy) is 1. The Morgan fingerprint density at radius 3 is 2.28 bits per heavy atom. The smallest absolute Gasteiger partial charge is 0.267 e. The van der Waals surface area contributed by atoms with Crippen molar-refractivity contribution in [2.75, 3.05) is 10.6 Å². The summed E-state index contributed by atoms with van der Waals surface area (Å²) in [5.41, 5.74) is 1.11. The number of nitrogens with zero attached hydrogens (tertiary/aromatic N) is 1. The van der Waals surface area contributed by atoms with E-state index in [0.717, 1.165) is 5.75 Å². The number of phenols is 1. The van der Waals surface area contributed by atoms with Crippen molar-refractivity contribution in [1.29, 1.82) is 5.26 Å². The predicted molar refractivity (Wildman–Crippen MR) is 125 cm³/mol. The molecule has 0 spiro atoms. The molecular formula is C26H19N3O3. The number of nitrogens with one attached hydrogen (secondary N) is 2. The number of carbonyl (C=O) groups excluding carboxylic acids is 1. The first kappa shape index (κ1) is 20.5. The Labute approximate surface area is 185 Å². The highest BCUT2D eigenvalue weighted by atomic mass is 16.5. The van der Waals surface area contributed by atoms with Crippen LogP contribution in [0, 0.1) is 11.3 Å². The average Bonchev–Trinajstić information content (AvgIpc) is 2.82. The lowest BCUT2D eigenvalue weighted by Crippen LogP contribution is -2.14. The molecule has 6 heteroatoms. The van der Waals surface area contributed by atoms with Crippen LogP contribution in [0.5, 0.6) is 17.2 Å². The molecule has 4 aromatic rings. The maximum Gasteiger partial charge on any atom is 0.267 e. The third-order valence-electron chi connectivity index (χ3n) is 4.73. The van der Waals surface area contributed by atoms with Gasteiger partial charge in [-0.25, -0.2) is 0 Å². The molecule has 0 unspecified atom stereocenters. The van der Waals surface area contributed by atoms with E-state index in [1.165, 1.54) is 6.20 Å². The van der Waals surface area contributed by atoms with Crippen LogP contribution in [0.25, 0.3) is 10.8 Å². The normalized spacial score (nSPS) is 10.9. The van der Waals surface area contributed by atoms with Crippen molar-refractivity contribution >= 4 is 28.1 Å². The number of anilines is 2. The Morgan fingerprint density at radius 1 is 0.844 bits per heavy atom. The number of para-hydroxylation sites is 1. The molecule has 0 aliphatic heterocycles. The van der Waals surface area contributed by atoms with Gasteiger partial charge in [-0.3, -0.25) is 4.79 Å². The maximum absolute atomic E-state index is 12.6. The van der Waals surface area contributed by atoms with Gasteiger partial charge in [0.25, 0.3) is 5.91 Å². The Hall–Kier alpha value is -4.76. The summed E-state index contributed by atoms with van der Waals surface area (Å²) in [6.45, 7) is 0. The largest absolute Gasteiger partial charge is 0.507 e. The number of hydrogen-bond acceptors (Lipinski definition) is 5. The van der Waals surface area contributed by atoms with E-state index in [0.29, 0.717) is 27.9 Å². The van der Waals surface area contributed by atoms with Gasteiger partial charge in [0.15, 0.2) is 0 Å². The van der Waals surface area contributed by atoms with Crippen molar-refractivity contribution in [1.82, 2.24) is 0 Å². The Balaban J connectivity index is 1.45. The minimum absolute atomic E-state index is 0.0910. The zero-order chi connectivity index (χ0) is 22.3. The lowest BCUT2D eigenvalue weighted by atomic mass is 10.1. The van der Waals surface area contributed by atoms with Crippen LogP contribution in [0.3, 0.4) is 0 Å². The van der Waals surface area contributed by atoms with E-state index >= 15 is 0 Å². The summed E-state index contributed by atoms with van der Waals surface area (Å²) in [5.74, 6) is 0.970. The second-order valence-electron chi connectivity index (χ2n) is 6.89. The third-order valence-corrected chi connectivity index (χ3v) is 4.73. The zero-order valence-electron chi connectivity index (χ0n) is 16.9. The molecule has 0 saturated heterocycles. The van der Waals surface area contributed by atoms with Gasteiger partial charge in [0.05, 0.1) is 0 Å².